The Labute approximate surface area is 141 Å². The molecule has 3 atom stereocenters. The molecule has 0 bridgehead atoms. The lowest BCUT2D eigenvalue weighted by Gasteiger charge is -2.39. The first-order valence-electron chi connectivity index (χ1n) is 8.22. The van der Waals surface area contributed by atoms with Crippen LogP contribution in [0.15, 0.2) is 36.0 Å². The molecule has 0 aromatic carbocycles. The van der Waals surface area contributed by atoms with Gasteiger partial charge in [-0.25, -0.2) is 4.39 Å². The van der Waals surface area contributed by atoms with Gasteiger partial charge in [0.1, 0.15) is 5.82 Å². The van der Waals surface area contributed by atoms with Crippen molar-refractivity contribution in [1.82, 2.24) is 15.2 Å². The minimum Gasteiger partial charge on any atom is -0.310 e. The summed E-state index contributed by atoms with van der Waals surface area (Å²) in [6.07, 6.45) is 5.46. The largest absolute Gasteiger partial charge is 0.310 e. The van der Waals surface area contributed by atoms with Crippen molar-refractivity contribution in [2.45, 2.75) is 31.8 Å². The van der Waals surface area contributed by atoms with Gasteiger partial charge in [-0.1, -0.05) is 6.07 Å². The van der Waals surface area contributed by atoms with Gasteiger partial charge in [0.15, 0.2) is 0 Å². The Hall–Kier alpha value is -1.30. The minimum atomic E-state index is -0.273. The van der Waals surface area contributed by atoms with Gasteiger partial charge in [-0.3, -0.25) is 9.88 Å². The Balaban J connectivity index is 1.66. The number of hydrogen-bond acceptors (Lipinski definition) is 4. The third-order valence-electron chi connectivity index (χ3n) is 4.75. The summed E-state index contributed by atoms with van der Waals surface area (Å²) >= 11 is 1.84. The summed E-state index contributed by atoms with van der Waals surface area (Å²) in [5.41, 5.74) is 0.904. The Kier molecular flexibility index (Phi) is 5.41. The van der Waals surface area contributed by atoms with Crippen LogP contribution in [-0.2, 0) is 0 Å². The normalized spacial score (nSPS) is 23.8. The predicted molar refractivity (Wildman–Crippen MR) is 93.0 cm³/mol. The van der Waals surface area contributed by atoms with E-state index in [0.717, 1.165) is 18.7 Å². The molecule has 5 heteroatoms. The van der Waals surface area contributed by atoms with Crippen molar-refractivity contribution in [1.29, 1.82) is 0 Å². The first-order valence-corrected chi connectivity index (χ1v) is 9.10. The molecular formula is C18H24FN3S. The second kappa shape index (κ2) is 7.51. The van der Waals surface area contributed by atoms with Crippen LogP contribution in [0, 0.1) is 11.7 Å². The fraction of sp³-hybridized carbons (Fsp3) is 0.500. The maximum atomic E-state index is 13.3. The Bertz CT molecular complexity index is 616. The molecule has 3 unspecified atom stereocenters. The average Bonchev–Trinajstić information content (AvgIpc) is 3.06. The molecule has 1 aliphatic rings. The standard InChI is InChI=1S/C18H24FN3S/c1-13(15-9-16(19)12-20-10-15)21-11-14-5-3-7-22(2)18(14)17-6-4-8-23-17/h4,6,8-10,12-14,18,21H,3,5,7,11H2,1-2H3. The summed E-state index contributed by atoms with van der Waals surface area (Å²) in [7, 11) is 2.22. The van der Waals surface area contributed by atoms with E-state index in [9.17, 15) is 4.39 Å². The second-order valence-electron chi connectivity index (χ2n) is 6.41. The first-order chi connectivity index (χ1) is 11.1. The fourth-order valence-corrected chi connectivity index (χ4v) is 4.48. The van der Waals surface area contributed by atoms with Crippen molar-refractivity contribution >= 4 is 11.3 Å². The molecule has 3 rings (SSSR count). The van der Waals surface area contributed by atoms with E-state index in [1.165, 1.54) is 23.9 Å². The number of likely N-dealkylation sites (tertiary alicyclic amines) is 1. The third kappa shape index (κ3) is 3.97. The van der Waals surface area contributed by atoms with E-state index in [0.29, 0.717) is 12.0 Å². The molecule has 1 N–H and O–H groups in total. The third-order valence-corrected chi connectivity index (χ3v) is 5.70. The van der Waals surface area contributed by atoms with Crippen molar-refractivity contribution in [3.63, 3.8) is 0 Å². The van der Waals surface area contributed by atoms with Crippen LogP contribution < -0.4 is 5.32 Å². The maximum absolute atomic E-state index is 13.3. The van der Waals surface area contributed by atoms with Gasteiger partial charge in [0.05, 0.1) is 6.20 Å². The summed E-state index contributed by atoms with van der Waals surface area (Å²) < 4.78 is 13.3. The van der Waals surface area contributed by atoms with Gasteiger partial charge in [-0.05, 0) is 62.4 Å². The van der Waals surface area contributed by atoms with Crippen LogP contribution in [0.5, 0.6) is 0 Å². The van der Waals surface area contributed by atoms with Crippen LogP contribution in [0.25, 0.3) is 0 Å². The van der Waals surface area contributed by atoms with E-state index in [1.54, 1.807) is 12.3 Å². The zero-order chi connectivity index (χ0) is 16.2. The molecule has 124 valence electrons. The molecular weight excluding hydrogens is 309 g/mol. The second-order valence-corrected chi connectivity index (χ2v) is 7.39. The van der Waals surface area contributed by atoms with Gasteiger partial charge in [0, 0.05) is 29.7 Å². The highest BCUT2D eigenvalue weighted by atomic mass is 32.1. The smallest absolute Gasteiger partial charge is 0.141 e. The van der Waals surface area contributed by atoms with Crippen LogP contribution in [-0.4, -0.2) is 30.0 Å². The van der Waals surface area contributed by atoms with E-state index in [4.69, 9.17) is 0 Å². The molecule has 1 fully saturated rings. The minimum absolute atomic E-state index is 0.106. The van der Waals surface area contributed by atoms with Gasteiger partial charge in [-0.2, -0.15) is 0 Å². The van der Waals surface area contributed by atoms with Crippen molar-refractivity contribution in [3.05, 3.63) is 52.2 Å². The lowest BCUT2D eigenvalue weighted by Crippen LogP contribution is -2.40. The SMILES string of the molecule is CC(NCC1CCCN(C)C1c1cccs1)c1cncc(F)c1. The quantitative estimate of drug-likeness (QED) is 0.896. The summed E-state index contributed by atoms with van der Waals surface area (Å²) in [5.74, 6) is 0.307. The molecule has 0 saturated carbocycles. The van der Waals surface area contributed by atoms with Crippen LogP contribution in [0.2, 0.25) is 0 Å². The van der Waals surface area contributed by atoms with Crippen LogP contribution in [0.1, 0.15) is 42.3 Å². The number of rotatable bonds is 5. The Morgan fingerprint density at radius 3 is 3.09 bits per heavy atom. The Morgan fingerprint density at radius 2 is 2.35 bits per heavy atom. The number of aromatic nitrogens is 1. The molecule has 1 aliphatic heterocycles. The molecule has 1 saturated heterocycles. The molecule has 0 amide bonds. The fourth-order valence-electron chi connectivity index (χ4n) is 3.49. The van der Waals surface area contributed by atoms with Crippen molar-refractivity contribution in [3.8, 4) is 0 Å². The van der Waals surface area contributed by atoms with Gasteiger partial charge >= 0.3 is 0 Å². The number of piperidine rings is 1. The number of pyridine rings is 1. The zero-order valence-corrected chi connectivity index (χ0v) is 14.5. The highest BCUT2D eigenvalue weighted by Crippen LogP contribution is 2.37. The van der Waals surface area contributed by atoms with Gasteiger partial charge in [0.2, 0.25) is 0 Å². The van der Waals surface area contributed by atoms with E-state index >= 15 is 0 Å². The lowest BCUT2D eigenvalue weighted by molar-refractivity contribution is 0.120. The summed E-state index contributed by atoms with van der Waals surface area (Å²) in [4.78, 5) is 7.86. The van der Waals surface area contributed by atoms with Crippen molar-refractivity contribution < 1.29 is 4.39 Å². The number of nitrogens with zero attached hydrogens (tertiary/aromatic N) is 2. The van der Waals surface area contributed by atoms with Crippen molar-refractivity contribution in [2.24, 2.45) is 5.92 Å². The monoisotopic (exact) mass is 333 g/mol. The molecule has 23 heavy (non-hydrogen) atoms. The van der Waals surface area contributed by atoms with E-state index < -0.39 is 0 Å². The van der Waals surface area contributed by atoms with Crippen LogP contribution in [0.3, 0.4) is 0 Å². The Morgan fingerprint density at radius 1 is 1.48 bits per heavy atom. The van der Waals surface area contributed by atoms with E-state index in [-0.39, 0.29) is 11.9 Å². The van der Waals surface area contributed by atoms with Crippen molar-refractivity contribution in [2.75, 3.05) is 20.1 Å². The molecule has 3 heterocycles. The average molecular weight is 333 g/mol. The molecule has 3 nitrogen and oxygen atoms in total. The topological polar surface area (TPSA) is 28.2 Å². The molecule has 2 aromatic rings. The van der Waals surface area contributed by atoms with Gasteiger partial charge in [0.25, 0.3) is 0 Å². The molecule has 2 aromatic heterocycles. The van der Waals surface area contributed by atoms with Crippen LogP contribution >= 0.6 is 11.3 Å². The number of halogens is 1. The van der Waals surface area contributed by atoms with E-state index in [2.05, 4.69) is 46.7 Å². The molecule has 0 radical (unpaired) electrons. The summed E-state index contributed by atoms with van der Waals surface area (Å²) in [6.45, 7) is 4.16. The van der Waals surface area contributed by atoms with Gasteiger partial charge in [-0.15, -0.1) is 11.3 Å². The van der Waals surface area contributed by atoms with E-state index in [1.807, 2.05) is 11.3 Å². The number of hydrogen-bond donors (Lipinski definition) is 1. The zero-order valence-electron chi connectivity index (χ0n) is 13.7. The van der Waals surface area contributed by atoms with Gasteiger partial charge < -0.3 is 5.32 Å². The first kappa shape index (κ1) is 16.6. The van der Waals surface area contributed by atoms with Crippen LogP contribution in [0.4, 0.5) is 4.39 Å². The number of nitrogens with one attached hydrogen (secondary N) is 1. The summed E-state index contributed by atoms with van der Waals surface area (Å²) in [6, 6.07) is 6.52. The molecule has 0 aliphatic carbocycles. The maximum Gasteiger partial charge on any atom is 0.141 e. The lowest BCUT2D eigenvalue weighted by atomic mass is 9.88. The highest BCUT2D eigenvalue weighted by Gasteiger charge is 2.31. The predicted octanol–water partition coefficient (Wildman–Crippen LogP) is 4.02. The summed E-state index contributed by atoms with van der Waals surface area (Å²) in [5, 5.41) is 5.74. The highest BCUT2D eigenvalue weighted by molar-refractivity contribution is 7.10. The number of thiophene rings is 1. The molecule has 0 spiro atoms.